The van der Waals surface area contributed by atoms with Gasteiger partial charge in [0.15, 0.2) is 0 Å². The molecule has 1 aromatic heterocycles. The number of carbonyl (C=O) groups excluding carboxylic acids is 1. The summed E-state index contributed by atoms with van der Waals surface area (Å²) in [5.41, 5.74) is 0. The predicted octanol–water partition coefficient (Wildman–Crippen LogP) is 1.07. The average Bonchev–Trinajstić information content (AvgIpc) is 2.91. The maximum absolute atomic E-state index is 11.6. The van der Waals surface area contributed by atoms with Gasteiger partial charge in [-0.3, -0.25) is 4.79 Å². The van der Waals surface area contributed by atoms with E-state index < -0.39 is 0 Å². The molecule has 1 heterocycles. The summed E-state index contributed by atoms with van der Waals surface area (Å²) >= 11 is 0. The van der Waals surface area contributed by atoms with Crippen molar-refractivity contribution < 1.29 is 4.79 Å². The Morgan fingerprint density at radius 1 is 1.79 bits per heavy atom. The van der Waals surface area contributed by atoms with Gasteiger partial charge < -0.3 is 10.3 Å². The zero-order valence-electron chi connectivity index (χ0n) is 8.29. The molecule has 2 N–H and O–H groups in total. The molecule has 1 aliphatic rings. The van der Waals surface area contributed by atoms with Gasteiger partial charge in [-0.1, -0.05) is 6.92 Å². The van der Waals surface area contributed by atoms with Gasteiger partial charge in [0, 0.05) is 18.3 Å². The van der Waals surface area contributed by atoms with Gasteiger partial charge in [0.1, 0.15) is 5.82 Å². The lowest BCUT2D eigenvalue weighted by molar-refractivity contribution is -0.125. The Morgan fingerprint density at radius 3 is 3.14 bits per heavy atom. The molecule has 0 aromatic carbocycles. The highest BCUT2D eigenvalue weighted by Crippen LogP contribution is 2.36. The number of nitrogens with zero attached hydrogens (tertiary/aromatic N) is 1. The van der Waals surface area contributed by atoms with Gasteiger partial charge in [-0.2, -0.15) is 0 Å². The lowest BCUT2D eigenvalue weighted by Crippen LogP contribution is -2.30. The van der Waals surface area contributed by atoms with Crippen molar-refractivity contribution in [2.45, 2.75) is 26.3 Å². The maximum Gasteiger partial charge on any atom is 0.223 e. The van der Waals surface area contributed by atoms with Gasteiger partial charge in [-0.05, 0) is 18.8 Å². The molecule has 1 amide bonds. The molecule has 1 fully saturated rings. The monoisotopic (exact) mass is 193 g/mol. The minimum atomic E-state index is 0.143. The Bertz CT molecular complexity index is 303. The fourth-order valence-corrected chi connectivity index (χ4v) is 1.54. The molecule has 76 valence electrons. The summed E-state index contributed by atoms with van der Waals surface area (Å²) < 4.78 is 0. The summed E-state index contributed by atoms with van der Waals surface area (Å²) in [7, 11) is 0. The van der Waals surface area contributed by atoms with Crippen LogP contribution in [0.25, 0.3) is 0 Å². The number of nitrogens with one attached hydrogen (secondary N) is 2. The zero-order valence-corrected chi connectivity index (χ0v) is 8.29. The van der Waals surface area contributed by atoms with Gasteiger partial charge in [-0.15, -0.1) is 0 Å². The van der Waals surface area contributed by atoms with E-state index in [0.29, 0.717) is 12.5 Å². The molecular weight excluding hydrogens is 178 g/mol. The lowest BCUT2D eigenvalue weighted by atomic mass is 10.1. The van der Waals surface area contributed by atoms with Crippen molar-refractivity contribution in [2.75, 3.05) is 0 Å². The van der Waals surface area contributed by atoms with E-state index >= 15 is 0 Å². The fraction of sp³-hybridized carbons (Fsp3) is 0.600. The molecule has 0 radical (unpaired) electrons. The number of rotatable bonds is 4. The van der Waals surface area contributed by atoms with Crippen LogP contribution in [-0.4, -0.2) is 15.9 Å². The summed E-state index contributed by atoms with van der Waals surface area (Å²) in [6, 6.07) is 0. The lowest BCUT2D eigenvalue weighted by Gasteiger charge is -2.09. The van der Waals surface area contributed by atoms with Crippen molar-refractivity contribution >= 4 is 5.91 Å². The van der Waals surface area contributed by atoms with Crippen LogP contribution in [0.1, 0.15) is 25.6 Å². The quantitative estimate of drug-likeness (QED) is 0.751. The van der Waals surface area contributed by atoms with Crippen LogP contribution >= 0.6 is 0 Å². The van der Waals surface area contributed by atoms with E-state index in [4.69, 9.17) is 0 Å². The molecule has 0 spiro atoms. The van der Waals surface area contributed by atoms with Crippen LogP contribution in [0.4, 0.5) is 0 Å². The van der Waals surface area contributed by atoms with Gasteiger partial charge >= 0.3 is 0 Å². The number of hydrogen-bond donors (Lipinski definition) is 2. The summed E-state index contributed by atoms with van der Waals surface area (Å²) in [6.07, 6.45) is 5.85. The largest absolute Gasteiger partial charge is 0.349 e. The molecule has 0 aliphatic heterocycles. The minimum absolute atomic E-state index is 0.143. The second-order valence-electron chi connectivity index (χ2n) is 3.88. The first-order chi connectivity index (χ1) is 6.77. The second kappa shape index (κ2) is 3.82. The molecule has 1 aliphatic carbocycles. The highest BCUT2D eigenvalue weighted by atomic mass is 16.1. The van der Waals surface area contributed by atoms with Crippen molar-refractivity contribution in [3.05, 3.63) is 18.2 Å². The van der Waals surface area contributed by atoms with Crippen LogP contribution in [0.2, 0.25) is 0 Å². The van der Waals surface area contributed by atoms with Crippen LogP contribution < -0.4 is 5.32 Å². The van der Waals surface area contributed by atoms with Crippen molar-refractivity contribution in [2.24, 2.45) is 11.8 Å². The van der Waals surface area contributed by atoms with Crippen LogP contribution in [0.15, 0.2) is 12.4 Å². The number of aromatic amines is 1. The molecule has 1 saturated carbocycles. The Labute approximate surface area is 83.1 Å². The third-order valence-corrected chi connectivity index (χ3v) is 2.73. The summed E-state index contributed by atoms with van der Waals surface area (Å²) in [6.45, 7) is 2.50. The van der Waals surface area contributed by atoms with Gasteiger partial charge in [-0.25, -0.2) is 4.98 Å². The molecule has 1 unspecified atom stereocenters. The topological polar surface area (TPSA) is 57.8 Å². The smallest absolute Gasteiger partial charge is 0.223 e. The highest BCUT2D eigenvalue weighted by Gasteiger charge is 2.32. The SMILES string of the molecule is CC(C(=O)NCc1ncc[nH]1)C1CC1. The van der Waals surface area contributed by atoms with Crippen molar-refractivity contribution in [3.8, 4) is 0 Å². The normalized spacial score (nSPS) is 17.8. The van der Waals surface area contributed by atoms with Crippen LogP contribution in [0.5, 0.6) is 0 Å². The summed E-state index contributed by atoms with van der Waals surface area (Å²) in [5, 5.41) is 2.87. The van der Waals surface area contributed by atoms with E-state index in [2.05, 4.69) is 15.3 Å². The summed E-state index contributed by atoms with van der Waals surface area (Å²) in [4.78, 5) is 18.6. The molecule has 14 heavy (non-hydrogen) atoms. The molecule has 0 bridgehead atoms. The van der Waals surface area contributed by atoms with Crippen molar-refractivity contribution in [3.63, 3.8) is 0 Å². The molecule has 4 nitrogen and oxygen atoms in total. The Balaban J connectivity index is 1.77. The van der Waals surface area contributed by atoms with Crippen LogP contribution in [0.3, 0.4) is 0 Å². The molecular formula is C10H15N3O. The van der Waals surface area contributed by atoms with E-state index in [1.54, 1.807) is 12.4 Å². The van der Waals surface area contributed by atoms with Gasteiger partial charge in [0.25, 0.3) is 0 Å². The molecule has 1 atom stereocenters. The van der Waals surface area contributed by atoms with Crippen LogP contribution in [-0.2, 0) is 11.3 Å². The second-order valence-corrected chi connectivity index (χ2v) is 3.88. The Morgan fingerprint density at radius 2 is 2.57 bits per heavy atom. The molecule has 1 aromatic rings. The van der Waals surface area contributed by atoms with E-state index in [1.807, 2.05) is 6.92 Å². The maximum atomic E-state index is 11.6. The standard InChI is InChI=1S/C10H15N3O/c1-7(8-2-3-8)10(14)13-6-9-11-4-5-12-9/h4-5,7-8H,2-3,6H2,1H3,(H,11,12)(H,13,14). The number of hydrogen-bond acceptors (Lipinski definition) is 2. The zero-order chi connectivity index (χ0) is 9.97. The van der Waals surface area contributed by atoms with Crippen molar-refractivity contribution in [1.29, 1.82) is 0 Å². The first kappa shape index (κ1) is 9.24. The minimum Gasteiger partial charge on any atom is -0.349 e. The highest BCUT2D eigenvalue weighted by molar-refractivity contribution is 5.78. The number of imidazole rings is 1. The third-order valence-electron chi connectivity index (χ3n) is 2.73. The average molecular weight is 193 g/mol. The predicted molar refractivity (Wildman–Crippen MR) is 52.3 cm³/mol. The van der Waals surface area contributed by atoms with Gasteiger partial charge in [0.05, 0.1) is 6.54 Å². The fourth-order valence-electron chi connectivity index (χ4n) is 1.54. The number of carbonyl (C=O) groups is 1. The van der Waals surface area contributed by atoms with Crippen molar-refractivity contribution in [1.82, 2.24) is 15.3 Å². The van der Waals surface area contributed by atoms with E-state index in [-0.39, 0.29) is 11.8 Å². The van der Waals surface area contributed by atoms with E-state index in [0.717, 1.165) is 5.82 Å². The van der Waals surface area contributed by atoms with Gasteiger partial charge in [0.2, 0.25) is 5.91 Å². The summed E-state index contributed by atoms with van der Waals surface area (Å²) in [5.74, 6) is 1.72. The number of H-pyrrole nitrogens is 1. The Kier molecular flexibility index (Phi) is 2.52. The van der Waals surface area contributed by atoms with E-state index in [9.17, 15) is 4.79 Å². The number of amides is 1. The van der Waals surface area contributed by atoms with E-state index in [1.165, 1.54) is 12.8 Å². The first-order valence-corrected chi connectivity index (χ1v) is 5.03. The molecule has 0 saturated heterocycles. The Hall–Kier alpha value is -1.32. The van der Waals surface area contributed by atoms with Crippen LogP contribution in [0, 0.1) is 11.8 Å². The number of aromatic nitrogens is 2. The third kappa shape index (κ3) is 2.13. The molecule has 2 rings (SSSR count). The first-order valence-electron chi connectivity index (χ1n) is 5.03. The molecule has 4 heteroatoms.